The van der Waals surface area contributed by atoms with E-state index in [2.05, 4.69) is 36.1 Å². The number of para-hydroxylation sites is 1. The zero-order valence-electron chi connectivity index (χ0n) is 14.3. The lowest BCUT2D eigenvalue weighted by atomic mass is 10.1. The summed E-state index contributed by atoms with van der Waals surface area (Å²) < 4.78 is 5.16. The molecule has 1 saturated heterocycles. The van der Waals surface area contributed by atoms with E-state index in [1.54, 1.807) is 7.11 Å². The van der Waals surface area contributed by atoms with Crippen molar-refractivity contribution in [2.45, 2.75) is 19.4 Å². The van der Waals surface area contributed by atoms with Crippen molar-refractivity contribution in [3.63, 3.8) is 0 Å². The topological polar surface area (TPSA) is 32.8 Å². The normalized spacial score (nSPS) is 17.7. The van der Waals surface area contributed by atoms with Crippen LogP contribution in [0.4, 0.5) is 5.69 Å². The molecular weight excluding hydrogens is 300 g/mol. The van der Waals surface area contributed by atoms with Crippen molar-refractivity contribution in [2.24, 2.45) is 0 Å². The van der Waals surface area contributed by atoms with Gasteiger partial charge in [-0.3, -0.25) is 4.79 Å². The molecule has 2 aromatic rings. The average molecular weight is 324 g/mol. The summed E-state index contributed by atoms with van der Waals surface area (Å²) >= 11 is 0. The lowest BCUT2D eigenvalue weighted by Gasteiger charge is -2.41. The van der Waals surface area contributed by atoms with Crippen molar-refractivity contribution in [1.82, 2.24) is 4.90 Å². The summed E-state index contributed by atoms with van der Waals surface area (Å²) in [5.74, 6) is 1.01. The van der Waals surface area contributed by atoms with E-state index >= 15 is 0 Å². The van der Waals surface area contributed by atoms with E-state index < -0.39 is 0 Å². The minimum atomic E-state index is 0.195. The number of piperazine rings is 1. The molecule has 2 aromatic carbocycles. The van der Waals surface area contributed by atoms with E-state index in [0.29, 0.717) is 6.42 Å². The van der Waals surface area contributed by atoms with Crippen LogP contribution >= 0.6 is 0 Å². The second kappa shape index (κ2) is 7.39. The number of rotatable bonds is 4. The van der Waals surface area contributed by atoms with Gasteiger partial charge in [-0.25, -0.2) is 0 Å². The number of amides is 1. The van der Waals surface area contributed by atoms with Crippen LogP contribution in [-0.2, 0) is 11.2 Å². The fourth-order valence-corrected chi connectivity index (χ4v) is 3.22. The summed E-state index contributed by atoms with van der Waals surface area (Å²) in [6.45, 7) is 4.65. The molecule has 4 heteroatoms. The van der Waals surface area contributed by atoms with Gasteiger partial charge in [0, 0.05) is 31.4 Å². The molecule has 0 spiro atoms. The highest BCUT2D eigenvalue weighted by atomic mass is 16.5. The zero-order valence-corrected chi connectivity index (χ0v) is 14.3. The van der Waals surface area contributed by atoms with Crippen molar-refractivity contribution >= 4 is 11.6 Å². The van der Waals surface area contributed by atoms with Crippen molar-refractivity contribution < 1.29 is 9.53 Å². The van der Waals surface area contributed by atoms with Gasteiger partial charge in [-0.05, 0) is 36.8 Å². The number of anilines is 1. The second-order valence-electron chi connectivity index (χ2n) is 6.24. The van der Waals surface area contributed by atoms with Gasteiger partial charge < -0.3 is 14.5 Å². The van der Waals surface area contributed by atoms with Crippen LogP contribution in [0.15, 0.2) is 54.6 Å². The molecule has 0 saturated carbocycles. The van der Waals surface area contributed by atoms with E-state index in [-0.39, 0.29) is 11.9 Å². The maximum Gasteiger partial charge on any atom is 0.227 e. The van der Waals surface area contributed by atoms with Crippen LogP contribution in [0.2, 0.25) is 0 Å². The van der Waals surface area contributed by atoms with Gasteiger partial charge in [0.25, 0.3) is 0 Å². The minimum absolute atomic E-state index is 0.195. The van der Waals surface area contributed by atoms with Crippen molar-refractivity contribution in [2.75, 3.05) is 31.6 Å². The Morgan fingerprint density at radius 1 is 1.08 bits per heavy atom. The Labute approximate surface area is 143 Å². The van der Waals surface area contributed by atoms with Gasteiger partial charge >= 0.3 is 0 Å². The van der Waals surface area contributed by atoms with Crippen LogP contribution in [0.1, 0.15) is 12.5 Å². The highest BCUT2D eigenvalue weighted by Gasteiger charge is 2.27. The lowest BCUT2D eigenvalue weighted by Crippen LogP contribution is -2.54. The summed E-state index contributed by atoms with van der Waals surface area (Å²) in [7, 11) is 1.65. The molecule has 0 radical (unpaired) electrons. The fraction of sp³-hybridized carbons (Fsp3) is 0.350. The maximum absolute atomic E-state index is 12.7. The van der Waals surface area contributed by atoms with Crippen LogP contribution in [0.3, 0.4) is 0 Å². The Balaban J connectivity index is 1.60. The van der Waals surface area contributed by atoms with Crippen LogP contribution < -0.4 is 9.64 Å². The molecule has 3 rings (SSSR count). The van der Waals surface area contributed by atoms with Crippen LogP contribution in [0.5, 0.6) is 5.75 Å². The van der Waals surface area contributed by atoms with Crippen LogP contribution in [-0.4, -0.2) is 43.6 Å². The number of nitrogens with zero attached hydrogens (tertiary/aromatic N) is 2. The number of benzene rings is 2. The molecule has 1 fully saturated rings. The Morgan fingerprint density at radius 3 is 2.42 bits per heavy atom. The van der Waals surface area contributed by atoms with Gasteiger partial charge in [-0.1, -0.05) is 30.3 Å². The number of carbonyl (C=O) groups is 1. The first kappa shape index (κ1) is 16.4. The third-order valence-corrected chi connectivity index (χ3v) is 4.58. The molecule has 4 nitrogen and oxygen atoms in total. The lowest BCUT2D eigenvalue weighted by molar-refractivity contribution is -0.132. The number of hydrogen-bond donors (Lipinski definition) is 0. The Bertz CT molecular complexity index is 670. The van der Waals surface area contributed by atoms with Gasteiger partial charge in [-0.2, -0.15) is 0 Å². The zero-order chi connectivity index (χ0) is 16.9. The Hall–Kier alpha value is -2.49. The van der Waals surface area contributed by atoms with Crippen molar-refractivity contribution in [1.29, 1.82) is 0 Å². The summed E-state index contributed by atoms with van der Waals surface area (Å²) in [6.07, 6.45) is 0.444. The van der Waals surface area contributed by atoms with E-state index in [1.165, 1.54) is 5.69 Å². The third kappa shape index (κ3) is 3.70. The molecular formula is C20H24N2O2. The SMILES string of the molecule is COc1ccc(CC(=O)N2CCN(c3ccccc3)CC2C)cc1. The Morgan fingerprint density at radius 2 is 1.79 bits per heavy atom. The fourth-order valence-electron chi connectivity index (χ4n) is 3.22. The van der Waals surface area contributed by atoms with E-state index in [1.807, 2.05) is 35.2 Å². The van der Waals surface area contributed by atoms with Gasteiger partial charge in [0.05, 0.1) is 13.5 Å². The number of methoxy groups -OCH3 is 1. The summed E-state index contributed by atoms with van der Waals surface area (Å²) in [6, 6.07) is 18.3. The summed E-state index contributed by atoms with van der Waals surface area (Å²) in [5.41, 5.74) is 2.25. The molecule has 1 heterocycles. The molecule has 24 heavy (non-hydrogen) atoms. The largest absolute Gasteiger partial charge is 0.497 e. The van der Waals surface area contributed by atoms with Crippen molar-refractivity contribution in [3.8, 4) is 5.75 Å². The first-order valence-electron chi connectivity index (χ1n) is 8.40. The van der Waals surface area contributed by atoms with Crippen LogP contribution in [0, 0.1) is 0 Å². The molecule has 0 aliphatic carbocycles. The van der Waals surface area contributed by atoms with E-state index in [9.17, 15) is 4.79 Å². The molecule has 1 aliphatic rings. The summed E-state index contributed by atoms with van der Waals surface area (Å²) in [5, 5.41) is 0. The standard InChI is InChI=1S/C20H24N2O2/c1-16-15-21(18-6-4-3-5-7-18)12-13-22(16)20(23)14-17-8-10-19(24-2)11-9-17/h3-11,16H,12-15H2,1-2H3. The first-order valence-corrected chi connectivity index (χ1v) is 8.40. The van der Waals surface area contributed by atoms with Crippen LogP contribution in [0.25, 0.3) is 0 Å². The smallest absolute Gasteiger partial charge is 0.227 e. The molecule has 1 atom stereocenters. The Kier molecular flexibility index (Phi) is 5.04. The molecule has 1 amide bonds. The molecule has 1 unspecified atom stereocenters. The number of carbonyl (C=O) groups excluding carboxylic acids is 1. The van der Waals surface area contributed by atoms with Gasteiger partial charge in [0.2, 0.25) is 5.91 Å². The van der Waals surface area contributed by atoms with Gasteiger partial charge in [-0.15, -0.1) is 0 Å². The quantitative estimate of drug-likeness (QED) is 0.867. The monoisotopic (exact) mass is 324 g/mol. The summed E-state index contributed by atoms with van der Waals surface area (Å²) in [4.78, 5) is 17.0. The predicted octanol–water partition coefficient (Wildman–Crippen LogP) is 2.98. The van der Waals surface area contributed by atoms with Gasteiger partial charge in [0.1, 0.15) is 5.75 Å². The highest BCUT2D eigenvalue weighted by Crippen LogP contribution is 2.20. The molecule has 0 N–H and O–H groups in total. The molecule has 0 aromatic heterocycles. The van der Waals surface area contributed by atoms with E-state index in [0.717, 1.165) is 30.9 Å². The third-order valence-electron chi connectivity index (χ3n) is 4.58. The minimum Gasteiger partial charge on any atom is -0.497 e. The molecule has 1 aliphatic heterocycles. The van der Waals surface area contributed by atoms with Gasteiger partial charge in [0.15, 0.2) is 0 Å². The number of hydrogen-bond acceptors (Lipinski definition) is 3. The predicted molar refractivity (Wildman–Crippen MR) is 96.5 cm³/mol. The average Bonchev–Trinajstić information content (AvgIpc) is 2.63. The highest BCUT2D eigenvalue weighted by molar-refractivity contribution is 5.79. The first-order chi connectivity index (χ1) is 11.7. The van der Waals surface area contributed by atoms with Crippen molar-refractivity contribution in [3.05, 3.63) is 60.2 Å². The maximum atomic E-state index is 12.7. The second-order valence-corrected chi connectivity index (χ2v) is 6.24. The molecule has 126 valence electrons. The number of ether oxygens (including phenoxy) is 1. The molecule has 0 bridgehead atoms. The van der Waals surface area contributed by atoms with E-state index in [4.69, 9.17) is 4.74 Å².